The Bertz CT molecular complexity index is 2120. The van der Waals surface area contributed by atoms with Crippen LogP contribution in [0.2, 0.25) is 0 Å². The van der Waals surface area contributed by atoms with Crippen LogP contribution in [-0.4, -0.2) is 25.9 Å². The van der Waals surface area contributed by atoms with Crippen LogP contribution in [0.15, 0.2) is 119 Å². The zero-order valence-corrected chi connectivity index (χ0v) is 25.4. The minimum absolute atomic E-state index is 0.271. The van der Waals surface area contributed by atoms with Crippen LogP contribution in [0.1, 0.15) is 11.1 Å². The molecule has 0 aromatic heterocycles. The van der Waals surface area contributed by atoms with Crippen LogP contribution in [0.4, 0.5) is 22.7 Å². The van der Waals surface area contributed by atoms with Crippen LogP contribution in [0.3, 0.4) is 0 Å². The summed E-state index contributed by atoms with van der Waals surface area (Å²) in [5, 5.41) is 8.11. The van der Waals surface area contributed by atoms with Gasteiger partial charge in [0.15, 0.2) is 0 Å². The third kappa shape index (κ3) is 5.63. The summed E-state index contributed by atoms with van der Waals surface area (Å²) in [6.07, 6.45) is 0. The first kappa shape index (κ1) is 29.3. The van der Waals surface area contributed by atoms with Crippen molar-refractivity contribution in [1.82, 2.24) is 0 Å². The van der Waals surface area contributed by atoms with E-state index in [-0.39, 0.29) is 20.6 Å². The Labute approximate surface area is 255 Å². The van der Waals surface area contributed by atoms with E-state index in [4.69, 9.17) is 0 Å². The number of hydrogen-bond acceptors (Lipinski definition) is 6. The minimum Gasteiger partial charge on any atom is -0.355 e. The lowest BCUT2D eigenvalue weighted by atomic mass is 9.92. The maximum Gasteiger partial charge on any atom is 0.295 e. The molecule has 0 fully saturated rings. The zero-order chi connectivity index (χ0) is 31.2. The molecule has 0 heterocycles. The Hall–Kier alpha value is -4.74. The molecule has 0 aliphatic rings. The molecule has 0 unspecified atom stereocenters. The number of anilines is 4. The molecule has 6 aromatic carbocycles. The normalized spacial score (nSPS) is 12.0. The third-order valence-corrected chi connectivity index (χ3v) is 9.30. The predicted octanol–water partition coefficient (Wildman–Crippen LogP) is 8.26. The van der Waals surface area contributed by atoms with Gasteiger partial charge in [-0.05, 0) is 84.3 Å². The quantitative estimate of drug-likeness (QED) is 0.131. The molecular formula is C34H28N2O6S2. The summed E-state index contributed by atoms with van der Waals surface area (Å²) < 4.78 is 70.7. The first-order chi connectivity index (χ1) is 20.9. The zero-order valence-electron chi connectivity index (χ0n) is 23.7. The van der Waals surface area contributed by atoms with Crippen LogP contribution in [0, 0.1) is 13.8 Å². The standard InChI is InChI=1S/C34H28N2O6S2/c1-21-9-13-23(14-10-21)35-29-19-17-25(27-5-3-7-31(33(27)29)43(37,38)39)26-18-20-30(36-24-15-11-22(2)12-16-24)34-28(26)6-4-8-32(34)44(40,41)42/h3-20,35-36H,1-2H3,(H,37,38,39)(H,40,41,42). The lowest BCUT2D eigenvalue weighted by Gasteiger charge is -2.19. The summed E-state index contributed by atoms with van der Waals surface area (Å²) in [6.45, 7) is 3.92. The van der Waals surface area contributed by atoms with Crippen molar-refractivity contribution in [2.75, 3.05) is 10.6 Å². The molecule has 0 aliphatic carbocycles. The fraction of sp³-hybridized carbons (Fsp3) is 0.0588. The average molecular weight is 625 g/mol. The Morgan fingerprint density at radius 3 is 1.18 bits per heavy atom. The monoisotopic (exact) mass is 624 g/mol. The number of nitrogens with one attached hydrogen (secondary N) is 2. The lowest BCUT2D eigenvalue weighted by molar-refractivity contribution is 0.482. The van der Waals surface area contributed by atoms with Gasteiger partial charge in [-0.2, -0.15) is 16.8 Å². The molecule has 0 spiro atoms. The molecule has 0 atom stereocenters. The predicted molar refractivity (Wildman–Crippen MR) is 175 cm³/mol. The molecular weight excluding hydrogens is 597 g/mol. The highest BCUT2D eigenvalue weighted by molar-refractivity contribution is 7.86. The minimum atomic E-state index is -4.63. The van der Waals surface area contributed by atoms with Gasteiger partial charge in [-0.3, -0.25) is 9.11 Å². The first-order valence-corrected chi connectivity index (χ1v) is 16.5. The summed E-state index contributed by atoms with van der Waals surface area (Å²) in [6, 6.07) is 31.5. The van der Waals surface area contributed by atoms with Gasteiger partial charge in [0.2, 0.25) is 0 Å². The largest absolute Gasteiger partial charge is 0.355 e. The molecule has 0 amide bonds. The molecule has 222 valence electrons. The van der Waals surface area contributed by atoms with Crippen molar-refractivity contribution in [3.8, 4) is 11.1 Å². The molecule has 4 N–H and O–H groups in total. The summed E-state index contributed by atoms with van der Waals surface area (Å²) in [5.74, 6) is 0. The van der Waals surface area contributed by atoms with Gasteiger partial charge in [-0.15, -0.1) is 0 Å². The third-order valence-electron chi connectivity index (χ3n) is 7.51. The Morgan fingerprint density at radius 2 is 0.841 bits per heavy atom. The highest BCUT2D eigenvalue weighted by Gasteiger charge is 2.23. The number of fused-ring (bicyclic) bond motifs is 2. The van der Waals surface area contributed by atoms with Crippen LogP contribution >= 0.6 is 0 Å². The highest BCUT2D eigenvalue weighted by atomic mass is 32.2. The van der Waals surface area contributed by atoms with Crippen LogP contribution in [0.25, 0.3) is 32.7 Å². The molecule has 0 saturated heterocycles. The van der Waals surface area contributed by atoms with Crippen molar-refractivity contribution < 1.29 is 25.9 Å². The number of rotatable bonds is 7. The summed E-state index contributed by atoms with van der Waals surface area (Å²) in [7, 11) is -9.25. The van der Waals surface area contributed by atoms with Gasteiger partial charge in [-0.1, -0.05) is 71.8 Å². The highest BCUT2D eigenvalue weighted by Crippen LogP contribution is 2.43. The van der Waals surface area contributed by atoms with Gasteiger partial charge in [0.05, 0.1) is 0 Å². The number of benzene rings is 6. The van der Waals surface area contributed by atoms with E-state index in [1.165, 1.54) is 12.1 Å². The average Bonchev–Trinajstić information content (AvgIpc) is 2.98. The number of aryl methyl sites for hydroxylation is 2. The molecule has 44 heavy (non-hydrogen) atoms. The van der Waals surface area contributed by atoms with Gasteiger partial charge >= 0.3 is 0 Å². The van der Waals surface area contributed by atoms with Crippen molar-refractivity contribution in [2.45, 2.75) is 23.6 Å². The Morgan fingerprint density at radius 1 is 0.477 bits per heavy atom. The molecule has 10 heteroatoms. The fourth-order valence-electron chi connectivity index (χ4n) is 5.44. The van der Waals surface area contributed by atoms with Gasteiger partial charge in [-0.25, -0.2) is 0 Å². The summed E-state index contributed by atoms with van der Waals surface area (Å²) >= 11 is 0. The smallest absolute Gasteiger partial charge is 0.295 e. The Balaban J connectivity index is 1.63. The van der Waals surface area contributed by atoms with Crippen LogP contribution < -0.4 is 10.6 Å². The van der Waals surface area contributed by atoms with Gasteiger partial charge in [0, 0.05) is 33.5 Å². The van der Waals surface area contributed by atoms with Crippen LogP contribution in [-0.2, 0) is 20.2 Å². The van der Waals surface area contributed by atoms with Gasteiger partial charge < -0.3 is 10.6 Å². The van der Waals surface area contributed by atoms with E-state index >= 15 is 0 Å². The molecule has 6 rings (SSSR count). The first-order valence-electron chi connectivity index (χ1n) is 13.6. The molecule has 0 bridgehead atoms. The van der Waals surface area contributed by atoms with Crippen molar-refractivity contribution in [3.63, 3.8) is 0 Å². The molecule has 0 radical (unpaired) electrons. The second-order valence-electron chi connectivity index (χ2n) is 10.6. The van der Waals surface area contributed by atoms with Crippen molar-refractivity contribution in [3.05, 3.63) is 120 Å². The lowest BCUT2D eigenvalue weighted by Crippen LogP contribution is -2.03. The maximum atomic E-state index is 12.6. The summed E-state index contributed by atoms with van der Waals surface area (Å²) in [4.78, 5) is -0.542. The molecule has 0 aliphatic heterocycles. The van der Waals surface area contributed by atoms with E-state index in [1.807, 2.05) is 74.5 Å². The van der Waals surface area contributed by atoms with E-state index in [2.05, 4.69) is 10.6 Å². The maximum absolute atomic E-state index is 12.6. The fourth-order valence-corrected chi connectivity index (χ4v) is 6.90. The SMILES string of the molecule is Cc1ccc(Nc2ccc(-c3ccc(Nc4ccc(C)cc4)c4c(S(=O)(=O)O)cccc34)c3cccc(S(=O)(=O)O)c23)cc1. The van der Waals surface area contributed by atoms with E-state index in [9.17, 15) is 25.9 Å². The van der Waals surface area contributed by atoms with E-state index in [1.54, 1.807) is 36.4 Å². The topological polar surface area (TPSA) is 133 Å². The van der Waals surface area contributed by atoms with Crippen molar-refractivity contribution >= 4 is 64.5 Å². The van der Waals surface area contributed by atoms with Crippen molar-refractivity contribution in [2.24, 2.45) is 0 Å². The van der Waals surface area contributed by atoms with Crippen molar-refractivity contribution in [1.29, 1.82) is 0 Å². The van der Waals surface area contributed by atoms with E-state index in [0.717, 1.165) is 22.5 Å². The Kier molecular flexibility index (Phi) is 7.38. The van der Waals surface area contributed by atoms with Crippen LogP contribution in [0.5, 0.6) is 0 Å². The molecule has 6 aromatic rings. The number of hydrogen-bond donors (Lipinski definition) is 4. The second-order valence-corrected chi connectivity index (χ2v) is 13.4. The van der Waals surface area contributed by atoms with E-state index in [0.29, 0.717) is 33.3 Å². The second kappa shape index (κ2) is 11.1. The van der Waals surface area contributed by atoms with Gasteiger partial charge in [0.1, 0.15) is 9.79 Å². The van der Waals surface area contributed by atoms with Gasteiger partial charge in [0.25, 0.3) is 20.2 Å². The summed E-state index contributed by atoms with van der Waals surface area (Å²) in [5.41, 5.74) is 5.69. The van der Waals surface area contributed by atoms with E-state index < -0.39 is 20.2 Å². The molecule has 0 saturated carbocycles. The molecule has 8 nitrogen and oxygen atoms in total.